The van der Waals surface area contributed by atoms with Gasteiger partial charge >= 0.3 is 5.97 Å². The fourth-order valence-electron chi connectivity index (χ4n) is 2.84. The molecule has 0 saturated carbocycles. The first kappa shape index (κ1) is 15.9. The van der Waals surface area contributed by atoms with Crippen molar-refractivity contribution >= 4 is 22.7 Å². The van der Waals surface area contributed by atoms with E-state index in [9.17, 15) is 14.7 Å². The number of rotatable bonds is 5. The van der Waals surface area contributed by atoms with Gasteiger partial charge < -0.3 is 10.1 Å². The number of benzene rings is 1. The summed E-state index contributed by atoms with van der Waals surface area (Å²) >= 11 is 0. The highest BCUT2D eigenvalue weighted by molar-refractivity contribution is 6.11. The summed E-state index contributed by atoms with van der Waals surface area (Å²) in [5.74, 6) is -1.26. The van der Waals surface area contributed by atoms with Crippen LogP contribution in [0.2, 0.25) is 0 Å². The third kappa shape index (κ3) is 2.93. The molecule has 2 N–H and O–H groups in total. The molecule has 0 unspecified atom stereocenters. The summed E-state index contributed by atoms with van der Waals surface area (Å²) in [5.41, 5.74) is 3.95. The highest BCUT2D eigenvalue weighted by Crippen LogP contribution is 2.26. The van der Waals surface area contributed by atoms with Gasteiger partial charge in [0.2, 0.25) is 5.78 Å². The maximum absolute atomic E-state index is 12.8. The molecule has 0 atom stereocenters. The molecule has 3 aromatic rings. The van der Waals surface area contributed by atoms with E-state index >= 15 is 0 Å². The van der Waals surface area contributed by atoms with E-state index in [2.05, 4.69) is 9.97 Å². The van der Waals surface area contributed by atoms with Crippen molar-refractivity contribution in [2.45, 2.75) is 26.7 Å². The predicted molar refractivity (Wildman–Crippen MR) is 91.4 cm³/mol. The van der Waals surface area contributed by atoms with Crippen molar-refractivity contribution in [3.63, 3.8) is 0 Å². The number of aromatic amines is 1. The topological polar surface area (TPSA) is 83.0 Å². The lowest BCUT2D eigenvalue weighted by Crippen LogP contribution is -2.10. The summed E-state index contributed by atoms with van der Waals surface area (Å²) in [6.07, 6.45) is 2.24. The van der Waals surface area contributed by atoms with Crippen molar-refractivity contribution in [2.24, 2.45) is 0 Å². The second-order valence-electron chi connectivity index (χ2n) is 5.83. The quantitative estimate of drug-likeness (QED) is 0.706. The Balaban J connectivity index is 2.18. The zero-order valence-electron chi connectivity index (χ0n) is 13.6. The van der Waals surface area contributed by atoms with E-state index in [-0.39, 0.29) is 12.2 Å². The molecule has 3 rings (SSSR count). The number of H-pyrrole nitrogens is 1. The standard InChI is InChI=1S/C19H18N2O3/c1-3-12-4-5-13-14(10-17(22)23)18(21-15(13)9-12)19(24)16-8-11(2)6-7-20-16/h4-9,21H,3,10H2,1-2H3,(H,22,23). The summed E-state index contributed by atoms with van der Waals surface area (Å²) in [7, 11) is 0. The Bertz CT molecular complexity index is 941. The van der Waals surface area contributed by atoms with Crippen LogP contribution < -0.4 is 0 Å². The molecular weight excluding hydrogens is 304 g/mol. The van der Waals surface area contributed by atoms with Crippen LogP contribution in [0, 0.1) is 6.92 Å². The number of aromatic nitrogens is 2. The second kappa shape index (κ2) is 6.28. The lowest BCUT2D eigenvalue weighted by atomic mass is 10.0. The molecular formula is C19H18N2O3. The number of hydrogen-bond donors (Lipinski definition) is 2. The summed E-state index contributed by atoms with van der Waals surface area (Å²) < 4.78 is 0. The Kier molecular flexibility index (Phi) is 4.16. The van der Waals surface area contributed by atoms with Gasteiger partial charge in [0.15, 0.2) is 0 Å². The zero-order chi connectivity index (χ0) is 17.3. The van der Waals surface area contributed by atoms with E-state index in [4.69, 9.17) is 0 Å². The Labute approximate surface area is 139 Å². The number of carboxylic acids is 1. The van der Waals surface area contributed by atoms with Crippen LogP contribution in [0.1, 0.15) is 39.8 Å². The largest absolute Gasteiger partial charge is 0.481 e. The summed E-state index contributed by atoms with van der Waals surface area (Å²) in [4.78, 5) is 31.3. The molecule has 0 fully saturated rings. The lowest BCUT2D eigenvalue weighted by molar-refractivity contribution is -0.136. The van der Waals surface area contributed by atoms with E-state index in [1.165, 1.54) is 0 Å². The fourth-order valence-corrected chi connectivity index (χ4v) is 2.84. The molecule has 0 saturated heterocycles. The maximum atomic E-state index is 12.8. The fraction of sp³-hybridized carbons (Fsp3) is 0.211. The minimum atomic E-state index is -0.971. The van der Waals surface area contributed by atoms with Crippen LogP contribution in [0.25, 0.3) is 10.9 Å². The van der Waals surface area contributed by atoms with Crippen LogP contribution in [0.5, 0.6) is 0 Å². The molecule has 0 aliphatic heterocycles. The Hall–Kier alpha value is -2.95. The molecule has 2 heterocycles. The molecule has 2 aromatic heterocycles. The van der Waals surface area contributed by atoms with Crippen molar-refractivity contribution in [1.29, 1.82) is 0 Å². The van der Waals surface area contributed by atoms with Crippen molar-refractivity contribution < 1.29 is 14.7 Å². The van der Waals surface area contributed by atoms with Gasteiger partial charge in [0, 0.05) is 22.7 Å². The number of aryl methyl sites for hydroxylation is 2. The smallest absolute Gasteiger partial charge is 0.307 e. The SMILES string of the molecule is CCc1ccc2c(CC(=O)O)c(C(=O)c3cc(C)ccn3)[nH]c2c1. The average molecular weight is 322 g/mol. The Morgan fingerprint density at radius 3 is 2.67 bits per heavy atom. The first-order valence-corrected chi connectivity index (χ1v) is 7.82. The highest BCUT2D eigenvalue weighted by Gasteiger charge is 2.22. The van der Waals surface area contributed by atoms with Crippen LogP contribution in [0.4, 0.5) is 0 Å². The molecule has 0 amide bonds. The minimum absolute atomic E-state index is 0.210. The number of fused-ring (bicyclic) bond motifs is 1. The molecule has 0 radical (unpaired) electrons. The van der Waals surface area contributed by atoms with Gasteiger partial charge in [-0.1, -0.05) is 19.1 Å². The predicted octanol–water partition coefficient (Wildman–Crippen LogP) is 3.29. The summed E-state index contributed by atoms with van der Waals surface area (Å²) in [5, 5.41) is 9.99. The van der Waals surface area contributed by atoms with Crippen LogP contribution >= 0.6 is 0 Å². The van der Waals surface area contributed by atoms with E-state index in [1.54, 1.807) is 12.3 Å². The molecule has 5 heteroatoms. The van der Waals surface area contributed by atoms with Gasteiger partial charge in [0.05, 0.1) is 12.1 Å². The number of carbonyl (C=O) groups is 2. The third-order valence-electron chi connectivity index (χ3n) is 4.08. The summed E-state index contributed by atoms with van der Waals surface area (Å²) in [6, 6.07) is 9.31. The average Bonchev–Trinajstić information content (AvgIpc) is 2.91. The van der Waals surface area contributed by atoms with Gasteiger partial charge in [0.1, 0.15) is 5.69 Å². The van der Waals surface area contributed by atoms with Gasteiger partial charge in [0.25, 0.3) is 0 Å². The van der Waals surface area contributed by atoms with Gasteiger partial charge in [-0.15, -0.1) is 0 Å². The molecule has 0 spiro atoms. The van der Waals surface area contributed by atoms with Crippen molar-refractivity contribution in [3.8, 4) is 0 Å². The second-order valence-corrected chi connectivity index (χ2v) is 5.83. The molecule has 1 aromatic carbocycles. The third-order valence-corrected chi connectivity index (χ3v) is 4.08. The lowest BCUT2D eigenvalue weighted by Gasteiger charge is -2.03. The van der Waals surface area contributed by atoms with Crippen molar-refractivity contribution in [3.05, 3.63) is 64.6 Å². The van der Waals surface area contributed by atoms with Crippen molar-refractivity contribution in [2.75, 3.05) is 0 Å². The Morgan fingerprint density at radius 1 is 1.21 bits per heavy atom. The number of carboxylic acid groups (broad SMARTS) is 1. The zero-order valence-corrected chi connectivity index (χ0v) is 13.6. The van der Waals surface area contributed by atoms with Gasteiger partial charge in [-0.05, 0) is 42.7 Å². The Morgan fingerprint density at radius 2 is 2.00 bits per heavy atom. The van der Waals surface area contributed by atoms with Crippen LogP contribution in [-0.4, -0.2) is 26.8 Å². The molecule has 0 bridgehead atoms. The van der Waals surface area contributed by atoms with E-state index in [0.29, 0.717) is 17.0 Å². The molecule has 5 nitrogen and oxygen atoms in total. The number of pyridine rings is 1. The normalized spacial score (nSPS) is 10.9. The molecule has 122 valence electrons. The van der Waals surface area contributed by atoms with Gasteiger partial charge in [-0.25, -0.2) is 0 Å². The number of carbonyl (C=O) groups excluding carboxylic acids is 1. The number of hydrogen-bond acceptors (Lipinski definition) is 3. The van der Waals surface area contributed by atoms with Crippen LogP contribution in [-0.2, 0) is 17.6 Å². The number of aliphatic carboxylic acids is 1. The van der Waals surface area contributed by atoms with Gasteiger partial charge in [-0.2, -0.15) is 0 Å². The van der Waals surface area contributed by atoms with Crippen LogP contribution in [0.15, 0.2) is 36.5 Å². The summed E-state index contributed by atoms with van der Waals surface area (Å²) in [6.45, 7) is 3.93. The minimum Gasteiger partial charge on any atom is -0.481 e. The van der Waals surface area contributed by atoms with Crippen molar-refractivity contribution in [1.82, 2.24) is 9.97 Å². The first-order chi connectivity index (χ1) is 11.5. The number of nitrogens with one attached hydrogen (secondary N) is 1. The monoisotopic (exact) mass is 322 g/mol. The van der Waals surface area contributed by atoms with E-state index < -0.39 is 5.97 Å². The van der Waals surface area contributed by atoms with E-state index in [1.807, 2.05) is 38.1 Å². The number of ketones is 1. The maximum Gasteiger partial charge on any atom is 0.307 e. The number of nitrogens with zero attached hydrogens (tertiary/aromatic N) is 1. The van der Waals surface area contributed by atoms with Gasteiger partial charge in [-0.3, -0.25) is 14.6 Å². The highest BCUT2D eigenvalue weighted by atomic mass is 16.4. The first-order valence-electron chi connectivity index (χ1n) is 7.82. The van der Waals surface area contributed by atoms with E-state index in [0.717, 1.165) is 28.5 Å². The molecule has 0 aliphatic carbocycles. The molecule has 24 heavy (non-hydrogen) atoms. The molecule has 0 aliphatic rings. The van der Waals surface area contributed by atoms with Crippen LogP contribution in [0.3, 0.4) is 0 Å².